The molecular weight excluding hydrogens is 243 g/mol. The molecule has 0 aliphatic rings. The van der Waals surface area contributed by atoms with Crippen molar-refractivity contribution >= 4 is 17.5 Å². The fourth-order valence-electron chi connectivity index (χ4n) is 1.36. The topological polar surface area (TPSA) is 32.3 Å². The summed E-state index contributed by atoms with van der Waals surface area (Å²) in [6.45, 7) is 1.06. The molecule has 1 rings (SSSR count). The number of halogens is 2. The first-order valence-corrected chi connectivity index (χ1v) is 5.72. The van der Waals surface area contributed by atoms with Crippen molar-refractivity contribution in [2.45, 2.75) is 13.0 Å². The molecule has 0 bridgehead atoms. The average molecular weight is 259 g/mol. The van der Waals surface area contributed by atoms with E-state index in [4.69, 9.17) is 11.6 Å². The SMILES string of the molecule is CN(C)C(=O)CCNCc1cc(F)cc(Cl)c1. The zero-order valence-corrected chi connectivity index (χ0v) is 10.7. The number of carbonyl (C=O) groups excluding carboxylic acids is 1. The molecule has 0 fully saturated rings. The summed E-state index contributed by atoms with van der Waals surface area (Å²) in [5.74, 6) is -0.284. The van der Waals surface area contributed by atoms with Gasteiger partial charge in [0.25, 0.3) is 0 Å². The van der Waals surface area contributed by atoms with Gasteiger partial charge < -0.3 is 10.2 Å². The second-order valence-corrected chi connectivity index (χ2v) is 4.43. The van der Waals surface area contributed by atoms with E-state index >= 15 is 0 Å². The quantitative estimate of drug-likeness (QED) is 0.820. The zero-order valence-electron chi connectivity index (χ0n) is 9.96. The zero-order chi connectivity index (χ0) is 12.8. The largest absolute Gasteiger partial charge is 0.349 e. The molecule has 0 aromatic heterocycles. The van der Waals surface area contributed by atoms with E-state index in [9.17, 15) is 9.18 Å². The van der Waals surface area contributed by atoms with Crippen molar-refractivity contribution in [1.82, 2.24) is 10.2 Å². The van der Waals surface area contributed by atoms with Crippen LogP contribution in [0.25, 0.3) is 0 Å². The Morgan fingerprint density at radius 2 is 2.12 bits per heavy atom. The van der Waals surface area contributed by atoms with Gasteiger partial charge in [0.1, 0.15) is 5.82 Å². The Balaban J connectivity index is 2.33. The molecule has 1 aromatic rings. The van der Waals surface area contributed by atoms with Crippen LogP contribution in [0.2, 0.25) is 5.02 Å². The number of nitrogens with zero attached hydrogens (tertiary/aromatic N) is 1. The molecule has 0 aliphatic carbocycles. The molecule has 1 amide bonds. The Bertz CT molecular complexity index is 376. The first kappa shape index (κ1) is 13.9. The summed E-state index contributed by atoms with van der Waals surface area (Å²) in [5.41, 5.74) is 0.771. The smallest absolute Gasteiger partial charge is 0.223 e. The van der Waals surface area contributed by atoms with Crippen LogP contribution in [0.3, 0.4) is 0 Å². The van der Waals surface area contributed by atoms with Crippen molar-refractivity contribution in [3.63, 3.8) is 0 Å². The summed E-state index contributed by atoms with van der Waals surface area (Å²) < 4.78 is 13.0. The summed E-state index contributed by atoms with van der Waals surface area (Å²) in [6.07, 6.45) is 0.427. The number of hydrogen-bond acceptors (Lipinski definition) is 2. The maximum absolute atomic E-state index is 13.0. The van der Waals surface area contributed by atoms with E-state index in [0.717, 1.165) is 5.56 Å². The van der Waals surface area contributed by atoms with Crippen LogP contribution in [0.4, 0.5) is 4.39 Å². The van der Waals surface area contributed by atoms with Crippen LogP contribution < -0.4 is 5.32 Å². The minimum absolute atomic E-state index is 0.0646. The molecule has 94 valence electrons. The molecule has 0 spiro atoms. The van der Waals surface area contributed by atoms with E-state index in [-0.39, 0.29) is 11.7 Å². The lowest BCUT2D eigenvalue weighted by Gasteiger charge is -2.10. The van der Waals surface area contributed by atoms with E-state index in [1.807, 2.05) is 0 Å². The second-order valence-electron chi connectivity index (χ2n) is 3.99. The van der Waals surface area contributed by atoms with Crippen molar-refractivity contribution < 1.29 is 9.18 Å². The number of benzene rings is 1. The van der Waals surface area contributed by atoms with Crippen LogP contribution in [-0.4, -0.2) is 31.4 Å². The standard InChI is InChI=1S/C12H16ClFN2O/c1-16(2)12(17)3-4-15-8-9-5-10(13)7-11(14)6-9/h5-7,15H,3-4,8H2,1-2H3. The fourth-order valence-corrected chi connectivity index (χ4v) is 1.61. The molecule has 5 heteroatoms. The van der Waals surface area contributed by atoms with Gasteiger partial charge in [0, 0.05) is 38.6 Å². The van der Waals surface area contributed by atoms with E-state index in [0.29, 0.717) is 24.5 Å². The third kappa shape index (κ3) is 5.15. The Morgan fingerprint density at radius 1 is 1.41 bits per heavy atom. The third-order valence-electron chi connectivity index (χ3n) is 2.27. The highest BCUT2D eigenvalue weighted by molar-refractivity contribution is 6.30. The van der Waals surface area contributed by atoms with Crippen LogP contribution in [0.5, 0.6) is 0 Å². The van der Waals surface area contributed by atoms with Gasteiger partial charge in [-0.2, -0.15) is 0 Å². The van der Waals surface area contributed by atoms with Crippen LogP contribution >= 0.6 is 11.6 Å². The molecule has 0 heterocycles. The number of nitrogens with one attached hydrogen (secondary N) is 1. The maximum Gasteiger partial charge on any atom is 0.223 e. The first-order chi connectivity index (χ1) is 7.99. The number of amides is 1. The summed E-state index contributed by atoms with van der Waals surface area (Å²) in [5, 5.41) is 3.45. The predicted octanol–water partition coefficient (Wildman–Crippen LogP) is 2.05. The highest BCUT2D eigenvalue weighted by atomic mass is 35.5. The van der Waals surface area contributed by atoms with Crippen LogP contribution in [0.1, 0.15) is 12.0 Å². The predicted molar refractivity (Wildman–Crippen MR) is 66.4 cm³/mol. The highest BCUT2D eigenvalue weighted by Crippen LogP contribution is 2.13. The van der Waals surface area contributed by atoms with Gasteiger partial charge in [-0.15, -0.1) is 0 Å². The van der Waals surface area contributed by atoms with Gasteiger partial charge >= 0.3 is 0 Å². The molecule has 0 unspecified atom stereocenters. The van der Waals surface area contributed by atoms with Gasteiger partial charge in [0.15, 0.2) is 0 Å². The first-order valence-electron chi connectivity index (χ1n) is 5.35. The van der Waals surface area contributed by atoms with Crippen molar-refractivity contribution in [2.24, 2.45) is 0 Å². The van der Waals surface area contributed by atoms with E-state index < -0.39 is 0 Å². The molecule has 3 nitrogen and oxygen atoms in total. The van der Waals surface area contributed by atoms with E-state index in [2.05, 4.69) is 5.32 Å². The molecule has 17 heavy (non-hydrogen) atoms. The van der Waals surface area contributed by atoms with Crippen LogP contribution in [0.15, 0.2) is 18.2 Å². The van der Waals surface area contributed by atoms with Gasteiger partial charge in [-0.25, -0.2) is 4.39 Å². The minimum atomic E-state index is -0.348. The van der Waals surface area contributed by atoms with Crippen molar-refractivity contribution in [3.8, 4) is 0 Å². The molecule has 0 saturated carbocycles. The maximum atomic E-state index is 13.0. The number of hydrogen-bond donors (Lipinski definition) is 1. The van der Waals surface area contributed by atoms with Gasteiger partial charge in [0.05, 0.1) is 0 Å². The molecule has 1 N–H and O–H groups in total. The summed E-state index contributed by atoms with van der Waals surface area (Å²) >= 11 is 5.73. The Labute approximate surface area is 106 Å². The fraction of sp³-hybridized carbons (Fsp3) is 0.417. The molecule has 0 aliphatic heterocycles. The summed E-state index contributed by atoms with van der Waals surface area (Å²) in [7, 11) is 3.43. The Kier molecular flexibility index (Phi) is 5.38. The van der Waals surface area contributed by atoms with Gasteiger partial charge in [-0.1, -0.05) is 11.6 Å². The molecule has 0 atom stereocenters. The van der Waals surface area contributed by atoms with E-state index in [1.165, 1.54) is 12.1 Å². The second kappa shape index (κ2) is 6.57. The third-order valence-corrected chi connectivity index (χ3v) is 2.48. The normalized spacial score (nSPS) is 10.4. The lowest BCUT2D eigenvalue weighted by atomic mass is 10.2. The van der Waals surface area contributed by atoms with Crippen molar-refractivity contribution in [3.05, 3.63) is 34.6 Å². The van der Waals surface area contributed by atoms with Gasteiger partial charge in [0.2, 0.25) is 5.91 Å². The van der Waals surface area contributed by atoms with Crippen molar-refractivity contribution in [2.75, 3.05) is 20.6 Å². The van der Waals surface area contributed by atoms with Gasteiger partial charge in [-0.05, 0) is 23.8 Å². The summed E-state index contributed by atoms with van der Waals surface area (Å²) in [6, 6.07) is 4.39. The average Bonchev–Trinajstić information content (AvgIpc) is 2.22. The number of rotatable bonds is 5. The Morgan fingerprint density at radius 3 is 2.71 bits per heavy atom. The minimum Gasteiger partial charge on any atom is -0.349 e. The molecule has 0 saturated heterocycles. The van der Waals surface area contributed by atoms with E-state index in [1.54, 1.807) is 25.1 Å². The van der Waals surface area contributed by atoms with Crippen LogP contribution in [0, 0.1) is 5.82 Å². The monoisotopic (exact) mass is 258 g/mol. The van der Waals surface area contributed by atoms with Gasteiger partial charge in [-0.3, -0.25) is 4.79 Å². The molecule has 0 radical (unpaired) electrons. The lowest BCUT2D eigenvalue weighted by molar-refractivity contribution is -0.128. The highest BCUT2D eigenvalue weighted by Gasteiger charge is 2.03. The lowest BCUT2D eigenvalue weighted by Crippen LogP contribution is -2.26. The molecule has 1 aromatic carbocycles. The number of carbonyl (C=O) groups is 1. The summed E-state index contributed by atoms with van der Waals surface area (Å²) in [4.78, 5) is 12.8. The Hall–Kier alpha value is -1.13. The van der Waals surface area contributed by atoms with Crippen LogP contribution in [-0.2, 0) is 11.3 Å². The molecular formula is C12H16ClFN2O. The van der Waals surface area contributed by atoms with Crippen molar-refractivity contribution in [1.29, 1.82) is 0 Å².